The zero-order chi connectivity index (χ0) is 18.1. The third kappa shape index (κ3) is 2.94. The van der Waals surface area contributed by atoms with E-state index >= 15 is 0 Å². The minimum Gasteiger partial charge on any atom is -0.355 e. The number of carbonyl (C=O) groups excluding carboxylic acids is 1. The molecule has 1 amide bonds. The molecule has 0 aliphatic heterocycles. The summed E-state index contributed by atoms with van der Waals surface area (Å²) in [4.78, 5) is 12.1. The number of fused-ring (bicyclic) bond motifs is 1. The number of nitrogens with one attached hydrogen (secondary N) is 1. The number of carbonyl (C=O) groups is 1. The van der Waals surface area contributed by atoms with E-state index in [9.17, 15) is 4.79 Å². The van der Waals surface area contributed by atoms with Gasteiger partial charge in [0.2, 0.25) is 0 Å². The Bertz CT molecular complexity index is 940. The lowest BCUT2D eigenvalue weighted by atomic mass is 9.89. The van der Waals surface area contributed by atoms with E-state index in [1.54, 1.807) is 7.05 Å². The van der Waals surface area contributed by atoms with Crippen LogP contribution in [0.5, 0.6) is 0 Å². The average Bonchev–Trinajstić information content (AvgIpc) is 3.06. The number of aromatic nitrogens is 1. The van der Waals surface area contributed by atoms with Crippen molar-refractivity contribution < 1.29 is 4.79 Å². The lowest BCUT2D eigenvalue weighted by Gasteiger charge is -2.21. The van der Waals surface area contributed by atoms with Crippen molar-refractivity contribution in [3.8, 4) is 16.9 Å². The van der Waals surface area contributed by atoms with E-state index in [-0.39, 0.29) is 5.91 Å². The second-order valence-electron chi connectivity index (χ2n) is 7.18. The van der Waals surface area contributed by atoms with Crippen LogP contribution in [0.4, 0.5) is 0 Å². The molecule has 0 spiro atoms. The Balaban J connectivity index is 1.91. The molecule has 1 N–H and O–H groups in total. The van der Waals surface area contributed by atoms with Gasteiger partial charge in [0.1, 0.15) is 0 Å². The van der Waals surface area contributed by atoms with Crippen LogP contribution in [0, 0.1) is 5.92 Å². The van der Waals surface area contributed by atoms with Crippen molar-refractivity contribution in [2.45, 2.75) is 26.2 Å². The van der Waals surface area contributed by atoms with Crippen molar-refractivity contribution in [1.29, 1.82) is 0 Å². The predicted molar refractivity (Wildman–Crippen MR) is 106 cm³/mol. The molecule has 1 aliphatic carbocycles. The Morgan fingerprint density at radius 3 is 2.65 bits per heavy atom. The largest absolute Gasteiger partial charge is 0.355 e. The third-order valence-electron chi connectivity index (χ3n) is 5.30. The molecule has 1 unspecified atom stereocenters. The second-order valence-corrected chi connectivity index (χ2v) is 7.18. The van der Waals surface area contributed by atoms with Gasteiger partial charge in [0, 0.05) is 24.0 Å². The van der Waals surface area contributed by atoms with Gasteiger partial charge in [0.15, 0.2) is 0 Å². The van der Waals surface area contributed by atoms with Crippen molar-refractivity contribution in [3.05, 3.63) is 77.5 Å². The monoisotopic (exact) mass is 344 g/mol. The van der Waals surface area contributed by atoms with Gasteiger partial charge in [-0.3, -0.25) is 4.79 Å². The van der Waals surface area contributed by atoms with Gasteiger partial charge in [0.25, 0.3) is 5.91 Å². The van der Waals surface area contributed by atoms with Crippen LogP contribution in [0.1, 0.15) is 35.0 Å². The molecule has 0 saturated heterocycles. The Labute approximate surface area is 154 Å². The van der Waals surface area contributed by atoms with Crippen LogP contribution in [0.25, 0.3) is 16.9 Å². The van der Waals surface area contributed by atoms with Crippen LogP contribution in [-0.4, -0.2) is 17.5 Å². The number of amides is 1. The molecule has 1 atom stereocenters. The van der Waals surface area contributed by atoms with Crippen LogP contribution in [-0.2, 0) is 12.8 Å². The van der Waals surface area contributed by atoms with E-state index in [2.05, 4.69) is 53.2 Å². The molecule has 0 fully saturated rings. The molecular weight excluding hydrogens is 320 g/mol. The molecule has 2 aromatic carbocycles. The van der Waals surface area contributed by atoms with E-state index < -0.39 is 0 Å². The molecule has 4 rings (SSSR count). The van der Waals surface area contributed by atoms with E-state index in [1.807, 2.05) is 24.3 Å². The first kappa shape index (κ1) is 16.6. The highest BCUT2D eigenvalue weighted by Crippen LogP contribution is 2.35. The smallest absolute Gasteiger partial charge is 0.251 e. The molecule has 1 heterocycles. The molecule has 132 valence electrons. The summed E-state index contributed by atoms with van der Waals surface area (Å²) < 4.78 is 2.35. The maximum Gasteiger partial charge on any atom is 0.251 e. The summed E-state index contributed by atoms with van der Waals surface area (Å²) in [5.41, 5.74) is 6.99. The summed E-state index contributed by atoms with van der Waals surface area (Å²) in [6.45, 7) is 2.33. The van der Waals surface area contributed by atoms with Crippen molar-refractivity contribution >= 4 is 5.91 Å². The number of hydrogen-bond donors (Lipinski definition) is 1. The quantitative estimate of drug-likeness (QED) is 0.738. The Hall–Kier alpha value is -2.81. The maximum atomic E-state index is 12.1. The molecule has 0 bridgehead atoms. The SMILES string of the molecule is CNC(=O)c1cccc(-n2c(-c3ccccc3)cc3c2CCC(C)C3)c1. The van der Waals surface area contributed by atoms with Gasteiger partial charge in [0.05, 0.1) is 5.69 Å². The van der Waals surface area contributed by atoms with Crippen molar-refractivity contribution in [2.24, 2.45) is 5.92 Å². The molecule has 3 heteroatoms. The van der Waals surface area contributed by atoms with Gasteiger partial charge in [-0.25, -0.2) is 0 Å². The van der Waals surface area contributed by atoms with E-state index in [0.717, 1.165) is 24.4 Å². The molecule has 1 aromatic heterocycles. The zero-order valence-corrected chi connectivity index (χ0v) is 15.3. The molecule has 1 aliphatic rings. The fourth-order valence-corrected chi connectivity index (χ4v) is 3.96. The number of rotatable bonds is 3. The fraction of sp³-hybridized carbons (Fsp3) is 0.261. The zero-order valence-electron chi connectivity index (χ0n) is 15.3. The number of hydrogen-bond acceptors (Lipinski definition) is 1. The highest BCUT2D eigenvalue weighted by atomic mass is 16.1. The topological polar surface area (TPSA) is 34.0 Å². The normalized spacial score (nSPS) is 16.2. The highest BCUT2D eigenvalue weighted by molar-refractivity contribution is 5.94. The van der Waals surface area contributed by atoms with Gasteiger partial charge >= 0.3 is 0 Å². The third-order valence-corrected chi connectivity index (χ3v) is 5.30. The van der Waals surface area contributed by atoms with Crippen LogP contribution in [0.2, 0.25) is 0 Å². The highest BCUT2D eigenvalue weighted by Gasteiger charge is 2.23. The van der Waals surface area contributed by atoms with Crippen molar-refractivity contribution in [2.75, 3.05) is 7.05 Å². The van der Waals surface area contributed by atoms with E-state index in [0.29, 0.717) is 5.56 Å². The number of benzene rings is 2. The first-order chi connectivity index (χ1) is 12.7. The predicted octanol–water partition coefficient (Wildman–Crippen LogP) is 4.63. The first-order valence-corrected chi connectivity index (χ1v) is 9.29. The molecule has 3 aromatic rings. The van der Waals surface area contributed by atoms with E-state index in [1.165, 1.54) is 28.9 Å². The van der Waals surface area contributed by atoms with Crippen molar-refractivity contribution in [1.82, 2.24) is 9.88 Å². The fourth-order valence-electron chi connectivity index (χ4n) is 3.96. The minimum absolute atomic E-state index is 0.0530. The molecular formula is C23H24N2O. The summed E-state index contributed by atoms with van der Waals surface area (Å²) in [6, 6.07) is 20.8. The van der Waals surface area contributed by atoms with Gasteiger partial charge < -0.3 is 9.88 Å². The van der Waals surface area contributed by atoms with Crippen LogP contribution in [0.3, 0.4) is 0 Å². The Kier molecular flexibility index (Phi) is 4.37. The first-order valence-electron chi connectivity index (χ1n) is 9.29. The summed E-state index contributed by atoms with van der Waals surface area (Å²) in [5.74, 6) is 0.668. The van der Waals surface area contributed by atoms with E-state index in [4.69, 9.17) is 0 Å². The summed E-state index contributed by atoms with van der Waals surface area (Å²) in [7, 11) is 1.67. The van der Waals surface area contributed by atoms with Crippen LogP contribution >= 0.6 is 0 Å². The average molecular weight is 344 g/mol. The Morgan fingerprint density at radius 1 is 1.08 bits per heavy atom. The summed E-state index contributed by atoms with van der Waals surface area (Å²) in [6.07, 6.45) is 3.41. The molecule has 26 heavy (non-hydrogen) atoms. The van der Waals surface area contributed by atoms with Gasteiger partial charge in [-0.1, -0.05) is 43.3 Å². The lowest BCUT2D eigenvalue weighted by Crippen LogP contribution is -2.18. The second kappa shape index (κ2) is 6.83. The summed E-state index contributed by atoms with van der Waals surface area (Å²) in [5, 5.41) is 2.72. The number of nitrogens with zero attached hydrogens (tertiary/aromatic N) is 1. The van der Waals surface area contributed by atoms with Gasteiger partial charge in [-0.2, -0.15) is 0 Å². The lowest BCUT2D eigenvalue weighted by molar-refractivity contribution is 0.0963. The minimum atomic E-state index is -0.0530. The van der Waals surface area contributed by atoms with Crippen molar-refractivity contribution in [3.63, 3.8) is 0 Å². The summed E-state index contributed by atoms with van der Waals surface area (Å²) >= 11 is 0. The van der Waals surface area contributed by atoms with Gasteiger partial charge in [-0.15, -0.1) is 0 Å². The Morgan fingerprint density at radius 2 is 1.88 bits per heavy atom. The molecule has 0 radical (unpaired) electrons. The van der Waals surface area contributed by atoms with Gasteiger partial charge in [-0.05, 0) is 60.6 Å². The van der Waals surface area contributed by atoms with Crippen LogP contribution in [0.15, 0.2) is 60.7 Å². The van der Waals surface area contributed by atoms with Crippen LogP contribution < -0.4 is 5.32 Å². The molecule has 3 nitrogen and oxygen atoms in total. The maximum absolute atomic E-state index is 12.1. The standard InChI is InChI=1S/C23H24N2O/c1-16-11-12-21-19(13-16)15-22(17-7-4-3-5-8-17)25(21)20-10-6-9-18(14-20)23(26)24-2/h3-10,14-16H,11-13H2,1-2H3,(H,24,26). The molecule has 0 saturated carbocycles.